The molecule has 0 bridgehead atoms. The zero-order chi connectivity index (χ0) is 18.7. The van der Waals surface area contributed by atoms with E-state index in [1.165, 1.54) is 0 Å². The smallest absolute Gasteiger partial charge is 0.223 e. The van der Waals surface area contributed by atoms with E-state index in [1.807, 2.05) is 24.3 Å². The summed E-state index contributed by atoms with van der Waals surface area (Å²) >= 11 is 0. The number of methoxy groups -OCH3 is 1. The fraction of sp³-hybridized carbons (Fsp3) is 0.350. The molecule has 6 heteroatoms. The summed E-state index contributed by atoms with van der Waals surface area (Å²) in [6, 6.07) is 10.3. The predicted octanol–water partition coefficient (Wildman–Crippen LogP) is 3.24. The van der Waals surface area contributed by atoms with Crippen LogP contribution in [0.4, 0.5) is 8.78 Å². The number of nitrogens with zero attached hydrogens (tertiary/aromatic N) is 1. The van der Waals surface area contributed by atoms with Crippen molar-refractivity contribution in [3.05, 3.63) is 65.2 Å². The average molecular weight is 361 g/mol. The summed E-state index contributed by atoms with van der Waals surface area (Å²) in [5.41, 5.74) is 1.06. The van der Waals surface area contributed by atoms with E-state index in [0.717, 1.165) is 23.8 Å². The summed E-state index contributed by atoms with van der Waals surface area (Å²) in [4.78, 5) is 14.3. The van der Waals surface area contributed by atoms with E-state index in [4.69, 9.17) is 4.74 Å². The summed E-state index contributed by atoms with van der Waals surface area (Å²) in [6.45, 7) is 0.229. The number of carbonyl (C=O) groups is 1. The standard InChI is InChI=1S/C20H21F2NO3/c1-26-17-4-2-3-14(10-17)19-11-16(24)12-23(19)20(25)8-5-13-9-15(21)6-7-18(13)22/h2-4,6-7,9-10,16,19,24H,5,8,11-12H2,1H3/t16-,19+/m1/s1. The quantitative estimate of drug-likeness (QED) is 0.890. The third-order valence-electron chi connectivity index (χ3n) is 4.69. The average Bonchev–Trinajstić information content (AvgIpc) is 3.04. The van der Waals surface area contributed by atoms with E-state index in [0.29, 0.717) is 12.2 Å². The molecule has 3 rings (SSSR count). The molecule has 1 aliphatic heterocycles. The van der Waals surface area contributed by atoms with Gasteiger partial charge in [-0.05, 0) is 54.3 Å². The molecule has 2 atom stereocenters. The molecule has 1 aliphatic rings. The van der Waals surface area contributed by atoms with Gasteiger partial charge in [-0.15, -0.1) is 0 Å². The Morgan fingerprint density at radius 1 is 1.27 bits per heavy atom. The molecule has 0 unspecified atom stereocenters. The maximum absolute atomic E-state index is 13.7. The van der Waals surface area contributed by atoms with Crippen molar-refractivity contribution < 1.29 is 23.4 Å². The first-order valence-electron chi connectivity index (χ1n) is 8.53. The van der Waals surface area contributed by atoms with Gasteiger partial charge in [-0.25, -0.2) is 8.78 Å². The summed E-state index contributed by atoms with van der Waals surface area (Å²) in [6.07, 6.45) is -0.0123. The van der Waals surface area contributed by atoms with Gasteiger partial charge in [0.05, 0.1) is 19.3 Å². The van der Waals surface area contributed by atoms with E-state index in [1.54, 1.807) is 12.0 Å². The van der Waals surface area contributed by atoms with Gasteiger partial charge in [0.2, 0.25) is 5.91 Å². The van der Waals surface area contributed by atoms with Gasteiger partial charge in [-0.2, -0.15) is 0 Å². The highest BCUT2D eigenvalue weighted by molar-refractivity contribution is 5.77. The molecule has 2 aromatic rings. The Kier molecular flexibility index (Phi) is 5.52. The van der Waals surface area contributed by atoms with Crippen LogP contribution in [0.15, 0.2) is 42.5 Å². The highest BCUT2D eigenvalue weighted by Gasteiger charge is 2.35. The Morgan fingerprint density at radius 3 is 2.85 bits per heavy atom. The van der Waals surface area contributed by atoms with Crippen LogP contribution < -0.4 is 4.74 Å². The number of aliphatic hydroxyl groups excluding tert-OH is 1. The van der Waals surface area contributed by atoms with Crippen LogP contribution in [0.1, 0.15) is 30.0 Å². The van der Waals surface area contributed by atoms with Crippen LogP contribution in [-0.2, 0) is 11.2 Å². The number of carbonyl (C=O) groups excluding carboxylic acids is 1. The second-order valence-electron chi connectivity index (χ2n) is 6.46. The van der Waals surface area contributed by atoms with Crippen LogP contribution in [-0.4, -0.2) is 35.7 Å². The highest BCUT2D eigenvalue weighted by atomic mass is 19.1. The van der Waals surface area contributed by atoms with Crippen molar-refractivity contribution in [2.45, 2.75) is 31.4 Å². The van der Waals surface area contributed by atoms with E-state index in [-0.39, 0.29) is 36.9 Å². The van der Waals surface area contributed by atoms with Crippen LogP contribution in [0.5, 0.6) is 5.75 Å². The Bertz CT molecular complexity index is 796. The van der Waals surface area contributed by atoms with Gasteiger partial charge in [0.15, 0.2) is 0 Å². The molecule has 0 spiro atoms. The van der Waals surface area contributed by atoms with Crippen molar-refractivity contribution in [2.75, 3.05) is 13.7 Å². The molecular formula is C20H21F2NO3. The summed E-state index contributed by atoms with van der Waals surface area (Å²) in [5, 5.41) is 10.0. The lowest BCUT2D eigenvalue weighted by Gasteiger charge is -2.25. The number of hydrogen-bond acceptors (Lipinski definition) is 3. The van der Waals surface area contributed by atoms with Crippen LogP contribution in [0.3, 0.4) is 0 Å². The molecule has 0 radical (unpaired) electrons. The number of aliphatic hydroxyl groups is 1. The minimum absolute atomic E-state index is 0.0492. The molecule has 0 aliphatic carbocycles. The summed E-state index contributed by atoms with van der Waals surface area (Å²) in [5.74, 6) is -0.569. The van der Waals surface area contributed by atoms with E-state index < -0.39 is 17.7 Å². The minimum atomic E-state index is -0.610. The fourth-order valence-electron chi connectivity index (χ4n) is 3.37. The van der Waals surface area contributed by atoms with Gasteiger partial charge in [0.1, 0.15) is 17.4 Å². The Hall–Kier alpha value is -2.47. The monoisotopic (exact) mass is 361 g/mol. The number of hydrogen-bond donors (Lipinski definition) is 1. The minimum Gasteiger partial charge on any atom is -0.497 e. The number of rotatable bonds is 5. The van der Waals surface area contributed by atoms with Crippen LogP contribution in [0.25, 0.3) is 0 Å². The molecule has 26 heavy (non-hydrogen) atoms. The van der Waals surface area contributed by atoms with E-state index in [9.17, 15) is 18.7 Å². The number of halogens is 2. The lowest BCUT2D eigenvalue weighted by Crippen LogP contribution is -2.32. The van der Waals surface area contributed by atoms with Crippen molar-refractivity contribution in [2.24, 2.45) is 0 Å². The normalized spacial score (nSPS) is 19.6. The number of ether oxygens (including phenoxy) is 1. The first kappa shape index (κ1) is 18.3. The Labute approximate surface area is 151 Å². The van der Waals surface area contributed by atoms with Gasteiger partial charge in [-0.1, -0.05) is 12.1 Å². The molecule has 2 aromatic carbocycles. The maximum atomic E-state index is 13.7. The largest absolute Gasteiger partial charge is 0.497 e. The molecule has 4 nitrogen and oxygen atoms in total. The van der Waals surface area contributed by atoms with Crippen LogP contribution >= 0.6 is 0 Å². The van der Waals surface area contributed by atoms with Gasteiger partial charge in [0, 0.05) is 13.0 Å². The topological polar surface area (TPSA) is 49.8 Å². The van der Waals surface area contributed by atoms with E-state index in [2.05, 4.69) is 0 Å². The number of benzene rings is 2. The number of likely N-dealkylation sites (tertiary alicyclic amines) is 1. The van der Waals surface area contributed by atoms with Gasteiger partial charge in [-0.3, -0.25) is 4.79 Å². The first-order chi connectivity index (χ1) is 12.5. The highest BCUT2D eigenvalue weighted by Crippen LogP contribution is 2.34. The van der Waals surface area contributed by atoms with Crippen molar-refractivity contribution >= 4 is 5.91 Å². The molecule has 1 saturated heterocycles. The van der Waals surface area contributed by atoms with Crippen molar-refractivity contribution in [3.63, 3.8) is 0 Å². The Morgan fingerprint density at radius 2 is 2.08 bits per heavy atom. The molecule has 1 N–H and O–H groups in total. The van der Waals surface area contributed by atoms with Gasteiger partial charge >= 0.3 is 0 Å². The molecule has 1 heterocycles. The third-order valence-corrected chi connectivity index (χ3v) is 4.69. The van der Waals surface area contributed by atoms with Gasteiger partial charge < -0.3 is 14.7 Å². The maximum Gasteiger partial charge on any atom is 0.223 e. The van der Waals surface area contributed by atoms with Crippen molar-refractivity contribution in [3.8, 4) is 5.75 Å². The molecule has 1 fully saturated rings. The molecular weight excluding hydrogens is 340 g/mol. The first-order valence-corrected chi connectivity index (χ1v) is 8.53. The predicted molar refractivity (Wildman–Crippen MR) is 92.8 cm³/mol. The summed E-state index contributed by atoms with van der Waals surface area (Å²) in [7, 11) is 1.57. The summed E-state index contributed by atoms with van der Waals surface area (Å²) < 4.78 is 32.2. The SMILES string of the molecule is COc1cccc([C@@H]2C[C@@H](O)CN2C(=O)CCc2cc(F)ccc2F)c1. The van der Waals surface area contributed by atoms with Crippen LogP contribution in [0, 0.1) is 11.6 Å². The second-order valence-corrected chi connectivity index (χ2v) is 6.46. The molecule has 0 aromatic heterocycles. The lowest BCUT2D eigenvalue weighted by atomic mass is 10.0. The van der Waals surface area contributed by atoms with Gasteiger partial charge in [0.25, 0.3) is 0 Å². The third kappa shape index (κ3) is 4.02. The van der Waals surface area contributed by atoms with Crippen molar-refractivity contribution in [1.82, 2.24) is 4.90 Å². The zero-order valence-electron chi connectivity index (χ0n) is 14.5. The Balaban J connectivity index is 1.73. The lowest BCUT2D eigenvalue weighted by molar-refractivity contribution is -0.132. The second kappa shape index (κ2) is 7.83. The number of amides is 1. The van der Waals surface area contributed by atoms with E-state index >= 15 is 0 Å². The molecule has 1 amide bonds. The zero-order valence-corrected chi connectivity index (χ0v) is 14.5. The number of β-amino-alcohol motifs (C(OH)–C–C–N with tert-alkyl or cyclic N) is 1. The van der Waals surface area contributed by atoms with Crippen molar-refractivity contribution in [1.29, 1.82) is 0 Å². The van der Waals surface area contributed by atoms with Crippen LogP contribution in [0.2, 0.25) is 0 Å². The molecule has 0 saturated carbocycles. The molecule has 138 valence electrons. The fourth-order valence-corrected chi connectivity index (χ4v) is 3.37. The number of aryl methyl sites for hydroxylation is 1.